The third-order valence-corrected chi connectivity index (χ3v) is 6.74. The first-order chi connectivity index (χ1) is 15.9. The summed E-state index contributed by atoms with van der Waals surface area (Å²) < 4.78 is 6.53. The van der Waals surface area contributed by atoms with Gasteiger partial charge in [-0.2, -0.15) is 0 Å². The fourth-order valence-corrected chi connectivity index (χ4v) is 4.95. The minimum absolute atomic E-state index is 0.153. The van der Waals surface area contributed by atoms with Gasteiger partial charge in [0.1, 0.15) is 12.1 Å². The van der Waals surface area contributed by atoms with Crippen LogP contribution < -0.4 is 10.6 Å². The van der Waals surface area contributed by atoms with Crippen molar-refractivity contribution in [3.63, 3.8) is 0 Å². The molecule has 1 aromatic carbocycles. The molecule has 1 aliphatic heterocycles. The molecule has 9 nitrogen and oxygen atoms in total. The van der Waals surface area contributed by atoms with Gasteiger partial charge < -0.3 is 20.3 Å². The number of aromatic nitrogens is 2. The highest BCUT2D eigenvalue weighted by Gasteiger charge is 2.39. The van der Waals surface area contributed by atoms with E-state index < -0.39 is 18.2 Å². The normalized spacial score (nSPS) is 16.7. The van der Waals surface area contributed by atoms with Crippen molar-refractivity contribution in [2.75, 3.05) is 19.0 Å². The van der Waals surface area contributed by atoms with Crippen molar-refractivity contribution in [3.05, 3.63) is 42.7 Å². The molecule has 0 radical (unpaired) electrons. The van der Waals surface area contributed by atoms with E-state index in [9.17, 15) is 14.4 Å². The molecule has 0 saturated carbocycles. The Morgan fingerprint density at radius 2 is 1.94 bits per heavy atom. The lowest BCUT2D eigenvalue weighted by Gasteiger charge is -2.30. The fourth-order valence-electron chi connectivity index (χ4n) is 3.98. The molecular weight excluding hydrogens is 442 g/mol. The van der Waals surface area contributed by atoms with Gasteiger partial charge in [-0.1, -0.05) is 55.5 Å². The second kappa shape index (κ2) is 9.62. The van der Waals surface area contributed by atoms with Gasteiger partial charge in [-0.3, -0.25) is 14.0 Å². The molecule has 1 saturated heterocycles. The number of methoxy groups -OCH3 is 1. The predicted molar refractivity (Wildman–Crippen MR) is 126 cm³/mol. The maximum Gasteiger partial charge on any atom is 0.407 e. The molecule has 10 heteroatoms. The van der Waals surface area contributed by atoms with Crippen molar-refractivity contribution >= 4 is 40.0 Å². The Hall–Kier alpha value is -3.40. The molecule has 33 heavy (non-hydrogen) atoms. The topological polar surface area (TPSA) is 105 Å². The average molecular weight is 470 g/mol. The maximum atomic E-state index is 13.1. The molecule has 0 bridgehead atoms. The van der Waals surface area contributed by atoms with Crippen LogP contribution in [0.5, 0.6) is 0 Å². The van der Waals surface area contributed by atoms with Gasteiger partial charge in [0, 0.05) is 12.7 Å². The molecule has 3 amide bonds. The summed E-state index contributed by atoms with van der Waals surface area (Å²) in [5, 5.41) is 5.44. The smallest absolute Gasteiger partial charge is 0.407 e. The van der Waals surface area contributed by atoms with Gasteiger partial charge in [-0.25, -0.2) is 9.78 Å². The van der Waals surface area contributed by atoms with Crippen LogP contribution in [0.4, 0.5) is 10.6 Å². The van der Waals surface area contributed by atoms with Crippen LogP contribution in [-0.2, 0) is 14.3 Å². The first-order valence-electron chi connectivity index (χ1n) is 10.9. The van der Waals surface area contributed by atoms with E-state index in [0.717, 1.165) is 15.4 Å². The lowest BCUT2D eigenvalue weighted by Crippen LogP contribution is -2.54. The quantitative estimate of drug-likeness (QED) is 0.576. The summed E-state index contributed by atoms with van der Waals surface area (Å²) in [5.74, 6) is -0.278. The molecule has 2 aromatic heterocycles. The van der Waals surface area contributed by atoms with Crippen LogP contribution in [0, 0.1) is 5.92 Å². The summed E-state index contributed by atoms with van der Waals surface area (Å²) in [6.45, 7) is 4.14. The molecule has 1 fully saturated rings. The van der Waals surface area contributed by atoms with E-state index in [-0.39, 0.29) is 17.7 Å². The van der Waals surface area contributed by atoms with E-state index in [1.54, 1.807) is 11.1 Å². The molecule has 1 aliphatic rings. The Kier molecular flexibility index (Phi) is 6.64. The van der Waals surface area contributed by atoms with Crippen LogP contribution in [-0.4, -0.2) is 57.9 Å². The second-order valence-electron chi connectivity index (χ2n) is 8.31. The Labute approximate surface area is 195 Å². The highest BCUT2D eigenvalue weighted by molar-refractivity contribution is 7.20. The number of thiazole rings is 1. The number of anilines is 1. The lowest BCUT2D eigenvalue weighted by atomic mass is 10.0. The van der Waals surface area contributed by atoms with Crippen LogP contribution in [0.3, 0.4) is 0 Å². The van der Waals surface area contributed by atoms with Gasteiger partial charge in [-0.15, -0.1) is 0 Å². The summed E-state index contributed by atoms with van der Waals surface area (Å²) in [4.78, 5) is 45.8. The Morgan fingerprint density at radius 3 is 2.61 bits per heavy atom. The largest absolute Gasteiger partial charge is 0.453 e. The minimum Gasteiger partial charge on any atom is -0.453 e. The molecule has 0 unspecified atom stereocenters. The van der Waals surface area contributed by atoms with Crippen LogP contribution >= 0.6 is 11.3 Å². The van der Waals surface area contributed by atoms with Crippen molar-refractivity contribution in [2.24, 2.45) is 5.92 Å². The summed E-state index contributed by atoms with van der Waals surface area (Å²) in [6, 6.07) is 8.66. The molecule has 3 heterocycles. The van der Waals surface area contributed by atoms with Crippen molar-refractivity contribution in [1.82, 2.24) is 19.6 Å². The average Bonchev–Trinajstić information content (AvgIpc) is 3.52. The van der Waals surface area contributed by atoms with Crippen LogP contribution in [0.15, 0.2) is 42.7 Å². The summed E-state index contributed by atoms with van der Waals surface area (Å²) in [5.41, 5.74) is 1.11. The highest BCUT2D eigenvalue weighted by Crippen LogP contribution is 2.29. The van der Waals surface area contributed by atoms with Gasteiger partial charge >= 0.3 is 6.09 Å². The number of nitrogens with zero attached hydrogens (tertiary/aromatic N) is 3. The zero-order valence-electron chi connectivity index (χ0n) is 18.8. The third kappa shape index (κ3) is 4.85. The van der Waals surface area contributed by atoms with E-state index in [1.165, 1.54) is 18.4 Å². The number of carbonyl (C=O) groups excluding carboxylic acids is 3. The van der Waals surface area contributed by atoms with E-state index in [2.05, 4.69) is 20.4 Å². The molecule has 2 atom stereocenters. The van der Waals surface area contributed by atoms with Gasteiger partial charge in [-0.05, 0) is 24.3 Å². The number of alkyl carbamates (subject to hydrolysis) is 1. The zero-order chi connectivity index (χ0) is 23.5. The van der Waals surface area contributed by atoms with Crippen molar-refractivity contribution < 1.29 is 19.1 Å². The number of benzene rings is 1. The number of imidazole rings is 1. The van der Waals surface area contributed by atoms with E-state index >= 15 is 0 Å². The number of fused-ring (bicyclic) bond motifs is 1. The SMILES string of the molecule is COC(=O)N[C@H](C(=O)N1CCC[C@H]1C(=O)Nc1cn2cc(-c3ccccc3)sc2n1)C(C)C. The van der Waals surface area contributed by atoms with E-state index in [1.807, 2.05) is 54.8 Å². The van der Waals surface area contributed by atoms with Crippen LogP contribution in [0.25, 0.3) is 15.4 Å². The van der Waals surface area contributed by atoms with Crippen LogP contribution in [0.2, 0.25) is 0 Å². The zero-order valence-corrected chi connectivity index (χ0v) is 19.6. The fraction of sp³-hybridized carbons (Fsp3) is 0.391. The highest BCUT2D eigenvalue weighted by atomic mass is 32.1. The number of nitrogens with one attached hydrogen (secondary N) is 2. The van der Waals surface area contributed by atoms with Crippen molar-refractivity contribution in [3.8, 4) is 10.4 Å². The first kappa shape index (κ1) is 22.8. The standard InChI is InChI=1S/C23H27N5O4S/c1-14(2)19(26-23(31)32-3)21(30)28-11-7-10-16(28)20(29)24-18-13-27-12-17(33-22(27)25-18)15-8-5-4-6-9-15/h4-6,8-9,12-14,16,19H,7,10-11H2,1-3H3,(H,24,29)(H,26,31)/t16-,19-/m0/s1. The van der Waals surface area contributed by atoms with E-state index in [0.29, 0.717) is 25.2 Å². The maximum absolute atomic E-state index is 13.1. The second-order valence-corrected chi connectivity index (χ2v) is 9.32. The molecule has 3 aromatic rings. The first-order valence-corrected chi connectivity index (χ1v) is 11.7. The number of likely N-dealkylation sites (tertiary alicyclic amines) is 1. The van der Waals surface area contributed by atoms with Gasteiger partial charge in [0.15, 0.2) is 10.8 Å². The monoisotopic (exact) mass is 469 g/mol. The Balaban J connectivity index is 1.46. The number of rotatable bonds is 6. The van der Waals surface area contributed by atoms with E-state index in [4.69, 9.17) is 0 Å². The van der Waals surface area contributed by atoms with Crippen molar-refractivity contribution in [2.45, 2.75) is 38.8 Å². The Bertz CT molecular complexity index is 1120. The van der Waals surface area contributed by atoms with Crippen LogP contribution in [0.1, 0.15) is 26.7 Å². The number of carbonyl (C=O) groups is 3. The molecule has 0 spiro atoms. The summed E-state index contributed by atoms with van der Waals surface area (Å²) in [6.07, 6.45) is 4.35. The lowest BCUT2D eigenvalue weighted by molar-refractivity contribution is -0.139. The van der Waals surface area contributed by atoms with Gasteiger partial charge in [0.2, 0.25) is 11.8 Å². The molecule has 4 rings (SSSR count). The predicted octanol–water partition coefficient (Wildman–Crippen LogP) is 3.37. The van der Waals surface area contributed by atoms with Crippen molar-refractivity contribution in [1.29, 1.82) is 0 Å². The number of amides is 3. The minimum atomic E-state index is -0.764. The molecule has 2 N–H and O–H groups in total. The van der Waals surface area contributed by atoms with Gasteiger partial charge in [0.05, 0.1) is 18.2 Å². The summed E-state index contributed by atoms with van der Waals surface area (Å²) >= 11 is 1.53. The molecule has 174 valence electrons. The Morgan fingerprint density at radius 1 is 1.18 bits per heavy atom. The number of hydrogen-bond donors (Lipinski definition) is 2. The summed E-state index contributed by atoms with van der Waals surface area (Å²) in [7, 11) is 1.25. The van der Waals surface area contributed by atoms with Gasteiger partial charge in [0.25, 0.3) is 0 Å². The third-order valence-electron chi connectivity index (χ3n) is 5.70. The molecule has 0 aliphatic carbocycles. The molecular formula is C23H27N5O4S. The number of ether oxygens (including phenoxy) is 1. The number of hydrogen-bond acceptors (Lipinski definition) is 6.